The van der Waals surface area contributed by atoms with Gasteiger partial charge in [0.15, 0.2) is 17.5 Å². The van der Waals surface area contributed by atoms with Crippen molar-refractivity contribution >= 4 is 17.0 Å². The number of guanidine groups is 1. The van der Waals surface area contributed by atoms with Crippen LogP contribution in [0.4, 0.5) is 17.6 Å². The van der Waals surface area contributed by atoms with Crippen LogP contribution in [0.1, 0.15) is 56.7 Å². The number of hydrogen-bond acceptors (Lipinski definition) is 7. The van der Waals surface area contributed by atoms with E-state index in [2.05, 4.69) is 25.0 Å². The predicted octanol–water partition coefficient (Wildman–Crippen LogP) is 4.81. The molecule has 11 nitrogen and oxygen atoms in total. The van der Waals surface area contributed by atoms with Gasteiger partial charge in [-0.25, -0.2) is 9.18 Å². The SMILES string of the molecule is COCC[C@H](CCN[C@@H](C)c1ccc(-n2cc3cc(-c4cc(CCC[C@H](C)N)cc(OC(F)(F)F)c4F)[nH]c3nc2=O)cc1)N=C(N)N. The third-order valence-corrected chi connectivity index (χ3v) is 7.83. The molecule has 2 heterocycles. The number of methoxy groups -OCH3 is 1. The summed E-state index contributed by atoms with van der Waals surface area (Å²) in [5.41, 5.74) is 18.5. The summed E-state index contributed by atoms with van der Waals surface area (Å²) in [5, 5.41) is 3.90. The van der Waals surface area contributed by atoms with Crippen molar-refractivity contribution in [2.24, 2.45) is 22.2 Å². The number of nitrogens with one attached hydrogen (secondary N) is 2. The van der Waals surface area contributed by atoms with Crippen molar-refractivity contribution in [3.8, 4) is 22.7 Å². The highest BCUT2D eigenvalue weighted by molar-refractivity contribution is 5.83. The Bertz CT molecular complexity index is 1750. The van der Waals surface area contributed by atoms with E-state index in [0.29, 0.717) is 61.9 Å². The maximum Gasteiger partial charge on any atom is 0.573 e. The van der Waals surface area contributed by atoms with Crippen LogP contribution in [0.3, 0.4) is 0 Å². The predicted molar refractivity (Wildman–Crippen MR) is 177 cm³/mol. The van der Waals surface area contributed by atoms with Gasteiger partial charge in [-0.3, -0.25) is 9.56 Å². The second-order valence-corrected chi connectivity index (χ2v) is 11.8. The number of halogens is 4. The number of aryl methyl sites for hydroxylation is 1. The van der Waals surface area contributed by atoms with E-state index in [1.165, 1.54) is 16.7 Å². The lowest BCUT2D eigenvalue weighted by atomic mass is 10.0. The van der Waals surface area contributed by atoms with Gasteiger partial charge in [-0.05, 0) is 94.0 Å². The highest BCUT2D eigenvalue weighted by Gasteiger charge is 2.33. The Kier molecular flexibility index (Phi) is 12.2. The molecule has 0 bridgehead atoms. The van der Waals surface area contributed by atoms with E-state index in [1.54, 1.807) is 25.4 Å². The van der Waals surface area contributed by atoms with Crippen molar-refractivity contribution in [2.75, 3.05) is 20.3 Å². The molecular formula is C33H42F4N8O3. The molecule has 0 aliphatic carbocycles. The Morgan fingerprint density at radius 3 is 2.48 bits per heavy atom. The van der Waals surface area contributed by atoms with Gasteiger partial charge in [0, 0.05) is 42.9 Å². The molecule has 0 fully saturated rings. The van der Waals surface area contributed by atoms with Crippen LogP contribution < -0.4 is 32.9 Å². The molecule has 0 aliphatic rings. The zero-order chi connectivity index (χ0) is 35.0. The topological polar surface area (TPSA) is 172 Å². The van der Waals surface area contributed by atoms with Crippen LogP contribution in [-0.2, 0) is 11.2 Å². The normalized spacial score (nSPS) is 13.8. The Morgan fingerprint density at radius 2 is 1.83 bits per heavy atom. The zero-order valence-corrected chi connectivity index (χ0v) is 27.1. The first-order valence-electron chi connectivity index (χ1n) is 15.6. The molecule has 260 valence electrons. The van der Waals surface area contributed by atoms with Crippen molar-refractivity contribution < 1.29 is 27.0 Å². The van der Waals surface area contributed by atoms with E-state index < -0.39 is 23.6 Å². The number of benzene rings is 2. The number of aromatic amines is 1. The molecule has 2 aromatic carbocycles. The van der Waals surface area contributed by atoms with Gasteiger partial charge in [0.2, 0.25) is 0 Å². The monoisotopic (exact) mass is 674 g/mol. The van der Waals surface area contributed by atoms with Crippen molar-refractivity contribution in [2.45, 2.75) is 70.4 Å². The number of nitrogens with zero attached hydrogens (tertiary/aromatic N) is 3. The molecule has 0 saturated carbocycles. The molecule has 8 N–H and O–H groups in total. The Labute approximate surface area is 275 Å². The van der Waals surface area contributed by atoms with Gasteiger partial charge in [-0.2, -0.15) is 4.98 Å². The fraction of sp³-hybridized carbons (Fsp3) is 0.424. The first kappa shape index (κ1) is 36.4. The molecule has 0 spiro atoms. The van der Waals surface area contributed by atoms with E-state index in [9.17, 15) is 18.0 Å². The summed E-state index contributed by atoms with van der Waals surface area (Å²) in [4.78, 5) is 24.3. The molecule has 0 saturated heterocycles. The minimum absolute atomic E-state index is 0.0125. The molecule has 4 aromatic rings. The first-order valence-corrected chi connectivity index (χ1v) is 15.6. The van der Waals surface area contributed by atoms with Crippen LogP contribution in [0.2, 0.25) is 0 Å². The maximum absolute atomic E-state index is 15.4. The van der Waals surface area contributed by atoms with Gasteiger partial charge in [0.1, 0.15) is 5.65 Å². The molecule has 0 amide bonds. The Balaban J connectivity index is 1.55. The fourth-order valence-corrected chi connectivity index (χ4v) is 5.39. The summed E-state index contributed by atoms with van der Waals surface area (Å²) >= 11 is 0. The molecular weight excluding hydrogens is 632 g/mol. The third-order valence-electron chi connectivity index (χ3n) is 7.83. The van der Waals surface area contributed by atoms with Crippen LogP contribution >= 0.6 is 0 Å². The lowest BCUT2D eigenvalue weighted by Gasteiger charge is -2.17. The third kappa shape index (κ3) is 10.0. The molecule has 0 unspecified atom stereocenters. The van der Waals surface area contributed by atoms with Crippen LogP contribution in [0.5, 0.6) is 5.75 Å². The number of aliphatic imine (C=N–C) groups is 1. The largest absolute Gasteiger partial charge is 0.573 e. The minimum Gasteiger partial charge on any atom is -0.403 e. The number of alkyl halides is 3. The van der Waals surface area contributed by atoms with Crippen molar-refractivity contribution in [1.82, 2.24) is 19.9 Å². The minimum atomic E-state index is -5.08. The van der Waals surface area contributed by atoms with E-state index in [-0.39, 0.29) is 41.0 Å². The number of aromatic nitrogens is 3. The second kappa shape index (κ2) is 16.1. The van der Waals surface area contributed by atoms with Crippen molar-refractivity contribution in [1.29, 1.82) is 0 Å². The molecule has 48 heavy (non-hydrogen) atoms. The summed E-state index contributed by atoms with van der Waals surface area (Å²) in [6, 6.07) is 11.2. The fourth-order valence-electron chi connectivity index (χ4n) is 5.39. The van der Waals surface area contributed by atoms with Gasteiger partial charge in [0.25, 0.3) is 0 Å². The Hall–Kier alpha value is -4.47. The lowest BCUT2D eigenvalue weighted by Crippen LogP contribution is -2.28. The van der Waals surface area contributed by atoms with E-state index >= 15 is 4.39 Å². The van der Waals surface area contributed by atoms with Crippen LogP contribution in [0.15, 0.2) is 58.4 Å². The number of hydrogen-bond donors (Lipinski definition) is 5. The maximum atomic E-state index is 15.4. The molecule has 15 heteroatoms. The van der Waals surface area contributed by atoms with Crippen molar-refractivity contribution in [3.63, 3.8) is 0 Å². The van der Waals surface area contributed by atoms with E-state index in [4.69, 9.17) is 21.9 Å². The summed E-state index contributed by atoms with van der Waals surface area (Å²) in [5.74, 6) is -2.09. The number of ether oxygens (including phenoxy) is 2. The van der Waals surface area contributed by atoms with Crippen molar-refractivity contribution in [3.05, 3.63) is 76.1 Å². The number of fused-ring (bicyclic) bond motifs is 1. The quantitative estimate of drug-likeness (QED) is 0.0641. The summed E-state index contributed by atoms with van der Waals surface area (Å²) in [7, 11) is 1.62. The van der Waals surface area contributed by atoms with Gasteiger partial charge in [0.05, 0.1) is 17.4 Å². The number of H-pyrrole nitrogens is 1. The van der Waals surface area contributed by atoms with E-state index in [1.807, 2.05) is 26.0 Å². The van der Waals surface area contributed by atoms with Gasteiger partial charge in [-0.15, -0.1) is 13.2 Å². The average molecular weight is 675 g/mol. The van der Waals surface area contributed by atoms with E-state index in [0.717, 1.165) is 11.6 Å². The summed E-state index contributed by atoms with van der Waals surface area (Å²) in [6.07, 6.45) is -0.549. The molecule has 0 radical (unpaired) electrons. The van der Waals surface area contributed by atoms with Gasteiger partial charge in [-0.1, -0.05) is 12.1 Å². The molecule has 3 atom stereocenters. The average Bonchev–Trinajstić information content (AvgIpc) is 3.42. The van der Waals surface area contributed by atoms with Gasteiger partial charge >= 0.3 is 12.1 Å². The highest BCUT2D eigenvalue weighted by Crippen LogP contribution is 2.35. The van der Waals surface area contributed by atoms with Crippen LogP contribution in [0, 0.1) is 5.82 Å². The lowest BCUT2D eigenvalue weighted by molar-refractivity contribution is -0.275. The molecule has 4 rings (SSSR count). The summed E-state index contributed by atoms with van der Waals surface area (Å²) < 4.78 is 65.2. The second-order valence-electron chi connectivity index (χ2n) is 11.8. The van der Waals surface area contributed by atoms with Crippen LogP contribution in [0.25, 0.3) is 28.0 Å². The summed E-state index contributed by atoms with van der Waals surface area (Å²) in [6.45, 7) is 5.04. The standard InChI is InChI=1S/C33H42F4N8O3/c1-19(38)5-4-6-21-15-26(29(34)28(16-21)48-33(35,36)37)27-17-23-18-45(32(46)44-30(23)43-27)25-9-7-22(8-10-25)20(2)41-13-11-24(12-14-47-3)42-31(39)40/h7-10,15-20,24,41H,4-6,11-14,38H2,1-3H3,(H4,39,40,42)(H,43,44,46)/t19-,20-,24-/m0/s1. The Morgan fingerprint density at radius 1 is 1.10 bits per heavy atom. The van der Waals surface area contributed by atoms with Crippen LogP contribution in [-0.4, -0.2) is 59.2 Å². The molecule has 0 aliphatic heterocycles. The number of nitrogens with two attached hydrogens (primary N) is 3. The zero-order valence-electron chi connectivity index (χ0n) is 27.1. The smallest absolute Gasteiger partial charge is 0.403 e. The number of rotatable bonds is 16. The van der Waals surface area contributed by atoms with Gasteiger partial charge < -0.3 is 37.0 Å². The highest BCUT2D eigenvalue weighted by atomic mass is 19.4. The molecule has 2 aromatic heterocycles. The first-order chi connectivity index (χ1) is 22.7.